The molecule has 0 N–H and O–H groups in total. The van der Waals surface area contributed by atoms with Crippen LogP contribution in [0.3, 0.4) is 0 Å². The minimum atomic E-state index is 0.386. The van der Waals surface area contributed by atoms with Crippen LogP contribution in [-0.4, -0.2) is 59.8 Å². The van der Waals surface area contributed by atoms with Crippen molar-refractivity contribution in [1.29, 1.82) is 0 Å². The average Bonchev–Trinajstić information content (AvgIpc) is 3.19. The van der Waals surface area contributed by atoms with Crippen molar-refractivity contribution in [1.82, 2.24) is 59.8 Å². The molecule has 12 nitrogen and oxygen atoms in total. The normalized spacial score (nSPS) is 10.9. The van der Waals surface area contributed by atoms with Gasteiger partial charge in [-0.05, 0) is 66.7 Å². The lowest BCUT2D eigenvalue weighted by atomic mass is 10.1. The number of nitrogens with zero attached hydrogens (tertiary/aromatic N) is 12. The molecule has 0 aliphatic carbocycles. The van der Waals surface area contributed by atoms with Crippen LogP contribution in [0.2, 0.25) is 0 Å². The van der Waals surface area contributed by atoms with Crippen molar-refractivity contribution in [2.24, 2.45) is 0 Å². The number of hydrogen-bond donors (Lipinski definition) is 0. The van der Waals surface area contributed by atoms with Gasteiger partial charge in [-0.25, -0.2) is 34.9 Å². The Bertz CT molecular complexity index is 2060. The number of hydrogen-bond acceptors (Lipinski definition) is 12. The molecule has 0 fully saturated rings. The van der Waals surface area contributed by atoms with E-state index >= 15 is 0 Å². The van der Waals surface area contributed by atoms with Gasteiger partial charge in [0.1, 0.15) is 17.1 Å². The molecule has 0 bridgehead atoms. The summed E-state index contributed by atoms with van der Waals surface area (Å²) in [6, 6.07) is 26.3. The van der Waals surface area contributed by atoms with Crippen molar-refractivity contribution in [3.63, 3.8) is 0 Å². The highest BCUT2D eigenvalue weighted by molar-refractivity contribution is 5.71. The third-order valence-electron chi connectivity index (χ3n) is 7.17. The summed E-state index contributed by atoms with van der Waals surface area (Å²) in [6.45, 7) is 0. The summed E-state index contributed by atoms with van der Waals surface area (Å²) in [4.78, 5) is 55.3. The Labute approximate surface area is 273 Å². The highest BCUT2D eigenvalue weighted by Crippen LogP contribution is 2.28. The van der Waals surface area contributed by atoms with Crippen LogP contribution in [0.4, 0.5) is 0 Å². The quantitative estimate of drug-likeness (QED) is 0.202. The molecule has 0 saturated heterocycles. The summed E-state index contributed by atoms with van der Waals surface area (Å²) in [7, 11) is 0. The van der Waals surface area contributed by atoms with Crippen LogP contribution in [0.15, 0.2) is 135 Å². The van der Waals surface area contributed by atoms with Crippen molar-refractivity contribution in [3.8, 4) is 80.0 Å². The molecule has 48 heavy (non-hydrogen) atoms. The predicted octanol–water partition coefficient (Wildman–Crippen LogP) is 6.10. The molecule has 8 rings (SSSR count). The Balaban J connectivity index is 1.21. The topological polar surface area (TPSA) is 155 Å². The average molecular weight is 623 g/mol. The van der Waals surface area contributed by atoms with Gasteiger partial charge in [0.25, 0.3) is 0 Å². The summed E-state index contributed by atoms with van der Waals surface area (Å²) in [6.07, 6.45) is 13.7. The Morgan fingerprint density at radius 1 is 0.292 bits per heavy atom. The van der Waals surface area contributed by atoms with E-state index in [1.807, 2.05) is 84.9 Å². The summed E-state index contributed by atoms with van der Waals surface area (Å²) in [5.74, 6) is 2.64. The van der Waals surface area contributed by atoms with Crippen LogP contribution in [0.1, 0.15) is 0 Å². The molecule has 0 aromatic carbocycles. The van der Waals surface area contributed by atoms with Gasteiger partial charge in [0.05, 0.1) is 5.69 Å². The van der Waals surface area contributed by atoms with Gasteiger partial charge in [0, 0.05) is 71.8 Å². The molecule has 0 unspecified atom stereocenters. The monoisotopic (exact) mass is 622 g/mol. The van der Waals surface area contributed by atoms with Crippen LogP contribution in [-0.2, 0) is 0 Å². The molecule has 8 heterocycles. The molecule has 12 heteroatoms. The zero-order valence-electron chi connectivity index (χ0n) is 25.1. The van der Waals surface area contributed by atoms with Gasteiger partial charge in [0.15, 0.2) is 34.9 Å². The Morgan fingerprint density at radius 2 is 0.771 bits per heavy atom. The van der Waals surface area contributed by atoms with Crippen LogP contribution in [0.25, 0.3) is 80.0 Å². The van der Waals surface area contributed by atoms with E-state index in [0.717, 1.165) is 16.7 Å². The van der Waals surface area contributed by atoms with E-state index in [-0.39, 0.29) is 0 Å². The van der Waals surface area contributed by atoms with Gasteiger partial charge >= 0.3 is 0 Å². The van der Waals surface area contributed by atoms with Gasteiger partial charge in [-0.15, -0.1) is 0 Å². The fourth-order valence-corrected chi connectivity index (χ4v) is 4.89. The van der Waals surface area contributed by atoms with Gasteiger partial charge in [0.2, 0.25) is 0 Å². The second-order valence-electron chi connectivity index (χ2n) is 10.4. The van der Waals surface area contributed by atoms with E-state index in [4.69, 9.17) is 29.9 Å². The molecule has 0 atom stereocenters. The van der Waals surface area contributed by atoms with Crippen molar-refractivity contribution >= 4 is 0 Å². The van der Waals surface area contributed by atoms with Crippen LogP contribution >= 0.6 is 0 Å². The lowest BCUT2D eigenvalue weighted by Gasteiger charge is -2.10. The molecule has 0 aliphatic heterocycles. The molecule has 8 aromatic rings. The standard InChI is InChI=1S/C36H22N12/c1-3-16-40-28(10-1)34-46-35(29-11-2-4-17-41-29)48-36(47-34)30-13-5-12-27(42-30)25-18-26(22-39-21-25)33-44-31(23-8-6-14-37-19-23)43-32(45-33)24-9-7-15-38-20-24/h1-22H. The first-order valence-corrected chi connectivity index (χ1v) is 14.9. The maximum Gasteiger partial charge on any atom is 0.182 e. The molecule has 0 saturated carbocycles. The molecule has 0 spiro atoms. The van der Waals surface area contributed by atoms with Crippen molar-refractivity contribution in [2.75, 3.05) is 0 Å². The predicted molar refractivity (Wildman–Crippen MR) is 178 cm³/mol. The third-order valence-corrected chi connectivity index (χ3v) is 7.17. The lowest BCUT2D eigenvalue weighted by molar-refractivity contribution is 1.03. The van der Waals surface area contributed by atoms with E-state index in [9.17, 15) is 0 Å². The van der Waals surface area contributed by atoms with Crippen LogP contribution in [0, 0.1) is 0 Å². The van der Waals surface area contributed by atoms with Gasteiger partial charge in [-0.1, -0.05) is 18.2 Å². The number of aromatic nitrogens is 12. The summed E-state index contributed by atoms with van der Waals surface area (Å²) < 4.78 is 0. The Hall–Kier alpha value is -7.08. The lowest BCUT2D eigenvalue weighted by Crippen LogP contribution is -2.03. The van der Waals surface area contributed by atoms with Gasteiger partial charge in [-0.3, -0.25) is 24.9 Å². The summed E-state index contributed by atoms with van der Waals surface area (Å²) in [5, 5.41) is 0. The van der Waals surface area contributed by atoms with Crippen molar-refractivity contribution in [2.45, 2.75) is 0 Å². The van der Waals surface area contributed by atoms with Crippen molar-refractivity contribution < 1.29 is 0 Å². The molecule has 226 valence electrons. The minimum absolute atomic E-state index is 0.386. The summed E-state index contributed by atoms with van der Waals surface area (Å²) in [5.41, 5.74) is 5.40. The molecule has 0 aliphatic rings. The fourth-order valence-electron chi connectivity index (χ4n) is 4.89. The van der Waals surface area contributed by atoms with Gasteiger partial charge in [-0.2, -0.15) is 0 Å². The van der Waals surface area contributed by atoms with Crippen LogP contribution < -0.4 is 0 Å². The SMILES string of the molecule is c1ccc(-c2nc(-c3ccccn3)nc(-c3cccc(-c4cncc(-c5nc(-c6cccnc6)nc(-c6cccnc6)n5)c4)n3)n2)nc1. The van der Waals surface area contributed by atoms with Crippen molar-refractivity contribution in [3.05, 3.63) is 135 Å². The Morgan fingerprint density at radius 3 is 1.31 bits per heavy atom. The number of rotatable bonds is 7. The second kappa shape index (κ2) is 12.7. The van der Waals surface area contributed by atoms with E-state index in [2.05, 4.69) is 29.9 Å². The maximum absolute atomic E-state index is 4.94. The zero-order valence-corrected chi connectivity index (χ0v) is 25.1. The first-order valence-electron chi connectivity index (χ1n) is 14.9. The van der Waals surface area contributed by atoms with Gasteiger partial charge < -0.3 is 0 Å². The van der Waals surface area contributed by atoms with E-state index in [1.54, 1.807) is 49.6 Å². The van der Waals surface area contributed by atoms with E-state index < -0.39 is 0 Å². The Kier molecular flexibility index (Phi) is 7.53. The molecular weight excluding hydrogens is 600 g/mol. The first kappa shape index (κ1) is 28.4. The largest absolute Gasteiger partial charge is 0.264 e. The minimum Gasteiger partial charge on any atom is -0.264 e. The smallest absolute Gasteiger partial charge is 0.182 e. The number of pyridine rings is 6. The molecule has 8 aromatic heterocycles. The molecule has 0 radical (unpaired) electrons. The highest BCUT2D eigenvalue weighted by atomic mass is 15.1. The third kappa shape index (κ3) is 5.96. The molecule has 0 amide bonds. The van der Waals surface area contributed by atoms with E-state index in [0.29, 0.717) is 63.3 Å². The zero-order chi connectivity index (χ0) is 32.1. The second-order valence-corrected chi connectivity index (χ2v) is 10.4. The first-order chi connectivity index (χ1) is 23.8. The summed E-state index contributed by atoms with van der Waals surface area (Å²) >= 11 is 0. The van der Waals surface area contributed by atoms with E-state index in [1.165, 1.54) is 0 Å². The van der Waals surface area contributed by atoms with Crippen LogP contribution in [0.5, 0.6) is 0 Å². The maximum atomic E-state index is 4.94. The fraction of sp³-hybridized carbons (Fsp3) is 0. The molecular formula is C36H22N12. The highest BCUT2D eigenvalue weighted by Gasteiger charge is 2.17.